The van der Waals surface area contributed by atoms with Crippen molar-refractivity contribution in [3.8, 4) is 5.75 Å². The smallest absolute Gasteiger partial charge is 0.416 e. The number of anilines is 1. The van der Waals surface area contributed by atoms with Crippen molar-refractivity contribution in [1.82, 2.24) is 0 Å². The second-order valence-corrected chi connectivity index (χ2v) is 10.8. The molecule has 0 fully saturated rings. The normalized spacial score (nSPS) is 13.6. The van der Waals surface area contributed by atoms with Crippen LogP contribution in [0.15, 0.2) is 109 Å². The molecule has 0 atom stereocenters. The lowest BCUT2D eigenvalue weighted by Crippen LogP contribution is -2.29. The number of hydrogen-bond donors (Lipinski definition) is 0. The lowest BCUT2D eigenvalue weighted by atomic mass is 9.95. The topological polar surface area (TPSA) is 12.5 Å². The van der Waals surface area contributed by atoms with E-state index in [0.717, 1.165) is 49.5 Å². The standard InChI is InChI=1S/C36H28F3NO/c37-36(38,39)29-15-10-24(11-16-29)23-41-34-9-3-6-27-7-4-20-40(35(27)34)22-25-12-17-31-28(21-25)14-19-32-30-8-2-1-5-26(30)13-18-33(31)32/h1-3,5-6,8-19,21H,4,7,20,22-23H2. The Labute approximate surface area is 236 Å². The number of halogens is 3. The van der Waals surface area contributed by atoms with Crippen LogP contribution in [0.25, 0.3) is 32.3 Å². The summed E-state index contributed by atoms with van der Waals surface area (Å²) in [6, 6.07) is 35.4. The predicted molar refractivity (Wildman–Crippen MR) is 161 cm³/mol. The van der Waals surface area contributed by atoms with Gasteiger partial charge in [-0.15, -0.1) is 0 Å². The van der Waals surface area contributed by atoms with Gasteiger partial charge in [0.25, 0.3) is 0 Å². The fourth-order valence-corrected chi connectivity index (χ4v) is 6.12. The largest absolute Gasteiger partial charge is 0.487 e. The molecule has 41 heavy (non-hydrogen) atoms. The van der Waals surface area contributed by atoms with E-state index in [0.29, 0.717) is 5.56 Å². The second kappa shape index (κ2) is 10.2. The van der Waals surface area contributed by atoms with Crippen LogP contribution in [0, 0.1) is 0 Å². The highest BCUT2D eigenvalue weighted by Gasteiger charge is 2.30. The van der Waals surface area contributed by atoms with E-state index in [1.807, 2.05) is 12.1 Å². The van der Waals surface area contributed by atoms with Crippen LogP contribution >= 0.6 is 0 Å². The van der Waals surface area contributed by atoms with Gasteiger partial charge in [-0.2, -0.15) is 13.2 Å². The van der Waals surface area contributed by atoms with Crippen LogP contribution in [0.2, 0.25) is 0 Å². The van der Waals surface area contributed by atoms with E-state index < -0.39 is 11.7 Å². The van der Waals surface area contributed by atoms with E-state index in [1.54, 1.807) is 0 Å². The van der Waals surface area contributed by atoms with Crippen LogP contribution in [0.5, 0.6) is 5.75 Å². The Balaban J connectivity index is 1.16. The summed E-state index contributed by atoms with van der Waals surface area (Å²) in [7, 11) is 0. The lowest BCUT2D eigenvalue weighted by molar-refractivity contribution is -0.137. The number of rotatable bonds is 5. The molecule has 5 heteroatoms. The van der Waals surface area contributed by atoms with Gasteiger partial charge in [-0.1, -0.05) is 84.9 Å². The van der Waals surface area contributed by atoms with Gasteiger partial charge in [-0.3, -0.25) is 0 Å². The van der Waals surface area contributed by atoms with Gasteiger partial charge in [-0.05, 0) is 86.1 Å². The Morgan fingerprint density at radius 2 is 1.37 bits per heavy atom. The first-order valence-electron chi connectivity index (χ1n) is 13.9. The first-order valence-corrected chi connectivity index (χ1v) is 13.9. The Morgan fingerprint density at radius 3 is 2.17 bits per heavy atom. The van der Waals surface area contributed by atoms with E-state index in [1.165, 1.54) is 55.6 Å². The zero-order chi connectivity index (χ0) is 28.0. The Morgan fingerprint density at radius 1 is 0.659 bits per heavy atom. The van der Waals surface area contributed by atoms with Crippen molar-refractivity contribution >= 4 is 38.0 Å². The average molecular weight is 548 g/mol. The minimum absolute atomic E-state index is 0.208. The van der Waals surface area contributed by atoms with Crippen LogP contribution in [-0.4, -0.2) is 6.54 Å². The van der Waals surface area contributed by atoms with E-state index in [4.69, 9.17) is 4.74 Å². The Bertz CT molecular complexity index is 1890. The highest BCUT2D eigenvalue weighted by Crippen LogP contribution is 2.39. The van der Waals surface area contributed by atoms with Gasteiger partial charge in [0.05, 0.1) is 11.3 Å². The minimum Gasteiger partial charge on any atom is -0.487 e. The summed E-state index contributed by atoms with van der Waals surface area (Å²) in [5, 5.41) is 7.50. The van der Waals surface area contributed by atoms with E-state index in [2.05, 4.69) is 77.7 Å². The molecule has 204 valence electrons. The zero-order valence-electron chi connectivity index (χ0n) is 22.4. The molecule has 0 aromatic heterocycles. The molecule has 0 unspecified atom stereocenters. The highest BCUT2D eigenvalue weighted by molar-refractivity contribution is 6.17. The maximum Gasteiger partial charge on any atom is 0.416 e. The Hall–Kier alpha value is -4.51. The van der Waals surface area contributed by atoms with Crippen LogP contribution in [0.3, 0.4) is 0 Å². The van der Waals surface area contributed by atoms with Crippen molar-refractivity contribution in [2.45, 2.75) is 32.2 Å². The molecule has 0 saturated heterocycles. The van der Waals surface area contributed by atoms with Crippen LogP contribution in [-0.2, 0) is 25.7 Å². The number of nitrogens with zero attached hydrogens (tertiary/aromatic N) is 1. The van der Waals surface area contributed by atoms with Gasteiger partial charge in [-0.25, -0.2) is 0 Å². The van der Waals surface area contributed by atoms with Gasteiger partial charge in [0.2, 0.25) is 0 Å². The monoisotopic (exact) mass is 547 g/mol. The number of aryl methyl sites for hydroxylation is 1. The molecule has 0 aliphatic carbocycles. The quantitative estimate of drug-likeness (QED) is 0.199. The highest BCUT2D eigenvalue weighted by atomic mass is 19.4. The second-order valence-electron chi connectivity index (χ2n) is 10.8. The molecular formula is C36H28F3NO. The summed E-state index contributed by atoms with van der Waals surface area (Å²) in [6.07, 6.45) is -2.32. The van der Waals surface area contributed by atoms with E-state index in [-0.39, 0.29) is 6.61 Å². The first kappa shape index (κ1) is 25.5. The molecule has 2 nitrogen and oxygen atoms in total. The molecule has 1 aliphatic heterocycles. The number of para-hydroxylation sites is 1. The fraction of sp³-hybridized carbons (Fsp3) is 0.167. The van der Waals surface area contributed by atoms with Crippen LogP contribution in [0.4, 0.5) is 18.9 Å². The minimum atomic E-state index is -4.34. The van der Waals surface area contributed by atoms with Gasteiger partial charge < -0.3 is 9.64 Å². The lowest BCUT2D eigenvalue weighted by Gasteiger charge is -2.33. The molecule has 0 radical (unpaired) electrons. The number of fused-ring (bicyclic) bond motifs is 6. The third-order valence-corrected chi connectivity index (χ3v) is 8.13. The predicted octanol–water partition coefficient (Wildman–Crippen LogP) is 9.70. The molecule has 6 aromatic carbocycles. The summed E-state index contributed by atoms with van der Waals surface area (Å²) in [4.78, 5) is 2.37. The van der Waals surface area contributed by atoms with E-state index >= 15 is 0 Å². The van der Waals surface area contributed by atoms with Crippen molar-refractivity contribution < 1.29 is 17.9 Å². The Kier molecular flexibility index (Phi) is 6.30. The number of benzene rings is 6. The number of ether oxygens (including phenoxy) is 1. The maximum absolute atomic E-state index is 13.0. The third-order valence-electron chi connectivity index (χ3n) is 8.13. The summed E-state index contributed by atoms with van der Waals surface area (Å²) in [6.45, 7) is 1.87. The molecule has 1 aliphatic rings. The molecular weight excluding hydrogens is 519 g/mol. The molecule has 0 spiro atoms. The summed E-state index contributed by atoms with van der Waals surface area (Å²) < 4.78 is 45.1. The van der Waals surface area contributed by atoms with Crippen molar-refractivity contribution in [3.05, 3.63) is 131 Å². The van der Waals surface area contributed by atoms with Gasteiger partial charge in [0.1, 0.15) is 12.4 Å². The molecule has 0 saturated carbocycles. The van der Waals surface area contributed by atoms with Crippen molar-refractivity contribution in [3.63, 3.8) is 0 Å². The summed E-state index contributed by atoms with van der Waals surface area (Å²) in [5.74, 6) is 0.765. The molecule has 1 heterocycles. The third kappa shape index (κ3) is 4.86. The molecule has 0 amide bonds. The van der Waals surface area contributed by atoms with Crippen LogP contribution in [0.1, 0.15) is 28.7 Å². The van der Waals surface area contributed by atoms with Gasteiger partial charge in [0, 0.05) is 13.1 Å². The number of alkyl halides is 3. The first-order chi connectivity index (χ1) is 19.9. The van der Waals surface area contributed by atoms with Crippen molar-refractivity contribution in [2.75, 3.05) is 11.4 Å². The summed E-state index contributed by atoms with van der Waals surface area (Å²) >= 11 is 0. The fourth-order valence-electron chi connectivity index (χ4n) is 6.12. The molecule has 0 bridgehead atoms. The molecule has 0 N–H and O–H groups in total. The van der Waals surface area contributed by atoms with Crippen molar-refractivity contribution in [2.24, 2.45) is 0 Å². The van der Waals surface area contributed by atoms with Gasteiger partial charge >= 0.3 is 6.18 Å². The van der Waals surface area contributed by atoms with Crippen molar-refractivity contribution in [1.29, 1.82) is 0 Å². The maximum atomic E-state index is 13.0. The van der Waals surface area contributed by atoms with E-state index in [9.17, 15) is 13.2 Å². The SMILES string of the molecule is FC(F)(F)c1ccc(COc2cccc3c2N(Cc2ccc4c(ccc5c6ccccc6ccc45)c2)CCC3)cc1. The average Bonchev–Trinajstić information content (AvgIpc) is 2.99. The molecule has 6 aromatic rings. The van der Waals surface area contributed by atoms with Crippen LogP contribution < -0.4 is 9.64 Å². The number of hydrogen-bond acceptors (Lipinski definition) is 2. The zero-order valence-corrected chi connectivity index (χ0v) is 22.4. The summed E-state index contributed by atoms with van der Waals surface area (Å²) in [5.41, 5.74) is 3.59. The van der Waals surface area contributed by atoms with Gasteiger partial charge in [0.15, 0.2) is 0 Å². The molecule has 7 rings (SSSR count).